The molecule has 1 aromatic carbocycles. The van der Waals surface area contributed by atoms with E-state index in [0.29, 0.717) is 30.8 Å². The summed E-state index contributed by atoms with van der Waals surface area (Å²) in [6.45, 7) is 1.91. The van der Waals surface area contributed by atoms with Crippen molar-refractivity contribution >= 4 is 17.5 Å². The first-order valence-electron chi connectivity index (χ1n) is 9.33. The van der Waals surface area contributed by atoms with Crippen molar-refractivity contribution < 1.29 is 9.59 Å². The summed E-state index contributed by atoms with van der Waals surface area (Å²) < 4.78 is 1.86. The Kier molecular flexibility index (Phi) is 6.06. The molecule has 8 nitrogen and oxygen atoms in total. The molecule has 1 aliphatic heterocycles. The van der Waals surface area contributed by atoms with Crippen molar-refractivity contribution in [2.75, 3.05) is 32.5 Å². The number of imidazole rings is 1. The van der Waals surface area contributed by atoms with Crippen molar-refractivity contribution in [1.29, 1.82) is 5.26 Å². The van der Waals surface area contributed by atoms with Crippen LogP contribution in [0.4, 0.5) is 5.69 Å². The van der Waals surface area contributed by atoms with Crippen LogP contribution < -0.4 is 10.6 Å². The van der Waals surface area contributed by atoms with Crippen LogP contribution in [0.25, 0.3) is 0 Å². The van der Waals surface area contributed by atoms with Gasteiger partial charge in [0.15, 0.2) is 11.5 Å². The zero-order chi connectivity index (χ0) is 20.1. The molecule has 0 saturated carbocycles. The maximum absolute atomic E-state index is 12.8. The lowest BCUT2D eigenvalue weighted by atomic mass is 10.1. The van der Waals surface area contributed by atoms with Gasteiger partial charge < -0.3 is 20.1 Å². The van der Waals surface area contributed by atoms with Gasteiger partial charge in [0, 0.05) is 25.3 Å². The summed E-state index contributed by atoms with van der Waals surface area (Å²) in [5, 5.41) is 14.7. The van der Waals surface area contributed by atoms with Crippen LogP contribution in [0.3, 0.4) is 0 Å². The van der Waals surface area contributed by atoms with Crippen LogP contribution in [0.15, 0.2) is 24.3 Å². The number of amides is 2. The number of carbonyl (C=O) groups is 2. The predicted octanol–water partition coefficient (Wildman–Crippen LogP) is 1.63. The first-order valence-corrected chi connectivity index (χ1v) is 9.33. The van der Waals surface area contributed by atoms with Gasteiger partial charge in [0.25, 0.3) is 11.8 Å². The highest BCUT2D eigenvalue weighted by Crippen LogP contribution is 2.22. The number of aromatic nitrogens is 2. The summed E-state index contributed by atoms with van der Waals surface area (Å²) in [6.07, 6.45) is 2.61. The van der Waals surface area contributed by atoms with Crippen LogP contribution in [0.5, 0.6) is 0 Å². The van der Waals surface area contributed by atoms with E-state index in [1.165, 1.54) is 0 Å². The molecule has 2 aromatic rings. The van der Waals surface area contributed by atoms with E-state index in [-0.39, 0.29) is 23.3 Å². The van der Waals surface area contributed by atoms with Gasteiger partial charge in [-0.3, -0.25) is 9.59 Å². The van der Waals surface area contributed by atoms with Gasteiger partial charge in [0.1, 0.15) is 0 Å². The summed E-state index contributed by atoms with van der Waals surface area (Å²) in [4.78, 5) is 31.8. The van der Waals surface area contributed by atoms with Crippen molar-refractivity contribution in [2.24, 2.45) is 0 Å². The minimum atomic E-state index is -0.368. The Morgan fingerprint density at radius 3 is 2.86 bits per heavy atom. The molecule has 2 heterocycles. The summed E-state index contributed by atoms with van der Waals surface area (Å²) in [5.74, 6) is -0.354. The minimum absolute atomic E-state index is 0.268. The molecule has 0 aliphatic carbocycles. The molecular weight excluding hydrogens is 356 g/mol. The Morgan fingerprint density at radius 2 is 2.11 bits per heavy atom. The zero-order valence-electron chi connectivity index (χ0n) is 16.2. The average molecular weight is 380 g/mol. The molecule has 1 aromatic heterocycles. The molecule has 0 radical (unpaired) electrons. The summed E-state index contributed by atoms with van der Waals surface area (Å²) in [7, 11) is 3.88. The average Bonchev–Trinajstić information content (AvgIpc) is 3.08. The molecule has 0 saturated heterocycles. The van der Waals surface area contributed by atoms with Crippen LogP contribution in [-0.2, 0) is 13.0 Å². The molecule has 3 rings (SSSR count). The molecule has 8 heteroatoms. The molecule has 0 unspecified atom stereocenters. The van der Waals surface area contributed by atoms with E-state index in [4.69, 9.17) is 5.26 Å². The predicted molar refractivity (Wildman–Crippen MR) is 105 cm³/mol. The number of fused-ring (bicyclic) bond motifs is 1. The number of hydrogen-bond acceptors (Lipinski definition) is 5. The van der Waals surface area contributed by atoms with Crippen molar-refractivity contribution in [1.82, 2.24) is 19.8 Å². The second-order valence-electron chi connectivity index (χ2n) is 7.05. The number of anilines is 1. The topological polar surface area (TPSA) is 103 Å². The van der Waals surface area contributed by atoms with Gasteiger partial charge in [-0.15, -0.1) is 0 Å². The number of benzene rings is 1. The van der Waals surface area contributed by atoms with E-state index in [9.17, 15) is 9.59 Å². The maximum Gasteiger partial charge on any atom is 0.287 e. The van der Waals surface area contributed by atoms with Crippen LogP contribution in [0.2, 0.25) is 0 Å². The van der Waals surface area contributed by atoms with E-state index < -0.39 is 0 Å². The van der Waals surface area contributed by atoms with Crippen LogP contribution in [0, 0.1) is 11.3 Å². The van der Waals surface area contributed by atoms with Gasteiger partial charge in [0.2, 0.25) is 0 Å². The molecule has 0 bridgehead atoms. The highest BCUT2D eigenvalue weighted by atomic mass is 16.2. The lowest BCUT2D eigenvalue weighted by molar-refractivity contribution is 0.0935. The molecule has 0 fully saturated rings. The van der Waals surface area contributed by atoms with E-state index in [1.807, 2.05) is 29.6 Å². The van der Waals surface area contributed by atoms with E-state index in [0.717, 1.165) is 25.1 Å². The fourth-order valence-electron chi connectivity index (χ4n) is 3.23. The van der Waals surface area contributed by atoms with E-state index in [1.54, 1.807) is 24.3 Å². The summed E-state index contributed by atoms with van der Waals surface area (Å²) in [5.41, 5.74) is 2.06. The SMILES string of the molecule is CN(C)CCNC(=O)c1nc(C(=O)Nc2cccc(C#N)c2)c2n1CCCC2. The second-order valence-corrected chi connectivity index (χ2v) is 7.05. The summed E-state index contributed by atoms with van der Waals surface area (Å²) >= 11 is 0. The smallest absolute Gasteiger partial charge is 0.287 e. The third-order valence-corrected chi connectivity index (χ3v) is 4.63. The molecule has 2 amide bonds. The molecule has 1 aliphatic rings. The Balaban J connectivity index is 1.82. The van der Waals surface area contributed by atoms with Gasteiger partial charge in [-0.1, -0.05) is 6.07 Å². The lowest BCUT2D eigenvalue weighted by Gasteiger charge is -2.17. The fourth-order valence-corrected chi connectivity index (χ4v) is 3.23. The van der Waals surface area contributed by atoms with Gasteiger partial charge in [-0.2, -0.15) is 5.26 Å². The third kappa shape index (κ3) is 4.38. The Hall–Kier alpha value is -3.18. The van der Waals surface area contributed by atoms with Crippen molar-refractivity contribution in [3.05, 3.63) is 47.0 Å². The second kappa shape index (κ2) is 8.67. The van der Waals surface area contributed by atoms with Gasteiger partial charge in [-0.25, -0.2) is 4.98 Å². The molecule has 0 spiro atoms. The number of nitriles is 1. The molecule has 2 N–H and O–H groups in total. The summed E-state index contributed by atoms with van der Waals surface area (Å²) in [6, 6.07) is 8.75. The quantitative estimate of drug-likeness (QED) is 0.793. The van der Waals surface area contributed by atoms with Crippen LogP contribution >= 0.6 is 0 Å². The number of nitrogens with zero attached hydrogens (tertiary/aromatic N) is 4. The highest BCUT2D eigenvalue weighted by Gasteiger charge is 2.27. The Bertz CT molecular complexity index is 925. The van der Waals surface area contributed by atoms with Crippen molar-refractivity contribution in [3.63, 3.8) is 0 Å². The number of rotatable bonds is 6. The molecule has 146 valence electrons. The monoisotopic (exact) mass is 380 g/mol. The van der Waals surface area contributed by atoms with Crippen molar-refractivity contribution in [2.45, 2.75) is 25.8 Å². The number of carbonyl (C=O) groups excluding carboxylic acids is 2. The maximum atomic E-state index is 12.8. The largest absolute Gasteiger partial charge is 0.348 e. The first-order chi connectivity index (χ1) is 13.5. The molecule has 28 heavy (non-hydrogen) atoms. The van der Waals surface area contributed by atoms with Gasteiger partial charge in [-0.05, 0) is 51.6 Å². The zero-order valence-corrected chi connectivity index (χ0v) is 16.2. The molecule has 0 atom stereocenters. The third-order valence-electron chi connectivity index (χ3n) is 4.63. The number of hydrogen-bond donors (Lipinski definition) is 2. The Morgan fingerprint density at radius 1 is 1.29 bits per heavy atom. The fraction of sp³-hybridized carbons (Fsp3) is 0.400. The van der Waals surface area contributed by atoms with Gasteiger partial charge in [0.05, 0.1) is 17.3 Å². The first kappa shape index (κ1) is 19.6. The number of likely N-dealkylation sites (N-methyl/N-ethyl adjacent to an activating group) is 1. The van der Waals surface area contributed by atoms with E-state index >= 15 is 0 Å². The lowest BCUT2D eigenvalue weighted by Crippen LogP contribution is -2.33. The normalized spacial score (nSPS) is 12.9. The Labute approximate surface area is 164 Å². The van der Waals surface area contributed by atoms with Crippen molar-refractivity contribution in [3.8, 4) is 6.07 Å². The molecular formula is C20H24N6O2. The number of nitrogens with one attached hydrogen (secondary N) is 2. The van der Waals surface area contributed by atoms with E-state index in [2.05, 4.69) is 15.6 Å². The van der Waals surface area contributed by atoms with Gasteiger partial charge >= 0.3 is 0 Å². The highest BCUT2D eigenvalue weighted by molar-refractivity contribution is 6.05. The standard InChI is InChI=1S/C20H24N6O2/c1-25(2)11-9-22-20(28)18-24-17(16-8-3-4-10-26(16)18)19(27)23-15-7-5-6-14(12-15)13-21/h5-7,12H,3-4,8-11H2,1-2H3,(H,22,28)(H,23,27). The van der Waals surface area contributed by atoms with Crippen LogP contribution in [-0.4, -0.2) is 53.5 Å². The van der Waals surface area contributed by atoms with Crippen LogP contribution in [0.1, 0.15) is 45.2 Å². The minimum Gasteiger partial charge on any atom is -0.348 e.